The maximum atomic E-state index is 5.32. The molecule has 128 valence electrons. The molecule has 0 aliphatic heterocycles. The smallest absolute Gasteiger partial charge is 0.191 e. The van der Waals surface area contributed by atoms with Crippen molar-refractivity contribution < 1.29 is 4.74 Å². The van der Waals surface area contributed by atoms with Crippen LogP contribution in [0.2, 0.25) is 0 Å². The van der Waals surface area contributed by atoms with Crippen LogP contribution < -0.4 is 10.6 Å². The van der Waals surface area contributed by atoms with Crippen molar-refractivity contribution in [1.82, 2.24) is 20.2 Å². The molecule has 0 atom stereocenters. The van der Waals surface area contributed by atoms with E-state index in [1.807, 2.05) is 19.4 Å². The number of hydrogen-bond donors (Lipinski definition) is 2. The van der Waals surface area contributed by atoms with Gasteiger partial charge in [-0.2, -0.15) is 0 Å². The summed E-state index contributed by atoms with van der Waals surface area (Å²) in [6.07, 6.45) is 8.81. The Morgan fingerprint density at radius 1 is 1.23 bits per heavy atom. The van der Waals surface area contributed by atoms with Gasteiger partial charge in [0.2, 0.25) is 0 Å². The van der Waals surface area contributed by atoms with Crippen molar-refractivity contribution in [3.63, 3.8) is 0 Å². The van der Waals surface area contributed by atoms with Crippen molar-refractivity contribution in [1.29, 1.82) is 0 Å². The average molecular weight is 423 g/mol. The molecule has 0 saturated heterocycles. The van der Waals surface area contributed by atoms with Gasteiger partial charge in [-0.15, -0.1) is 24.0 Å². The van der Waals surface area contributed by atoms with E-state index in [2.05, 4.69) is 32.1 Å². The second-order valence-electron chi connectivity index (χ2n) is 4.75. The number of halogens is 1. The molecule has 1 aromatic heterocycles. The highest BCUT2D eigenvalue weighted by molar-refractivity contribution is 14.0. The van der Waals surface area contributed by atoms with Crippen LogP contribution in [0, 0.1) is 0 Å². The summed E-state index contributed by atoms with van der Waals surface area (Å²) in [5.41, 5.74) is 0. The summed E-state index contributed by atoms with van der Waals surface area (Å²) >= 11 is 0. The predicted molar refractivity (Wildman–Crippen MR) is 102 cm³/mol. The third kappa shape index (κ3) is 10.8. The van der Waals surface area contributed by atoms with E-state index in [9.17, 15) is 0 Å². The maximum Gasteiger partial charge on any atom is 0.191 e. The molecule has 7 heteroatoms. The Morgan fingerprint density at radius 3 is 2.77 bits per heavy atom. The molecule has 1 aromatic rings. The molecular formula is C15H30IN5O. The third-order valence-corrected chi connectivity index (χ3v) is 2.96. The number of imidazole rings is 1. The topological polar surface area (TPSA) is 63.5 Å². The molecule has 0 aliphatic carbocycles. The zero-order chi connectivity index (χ0) is 15.2. The van der Waals surface area contributed by atoms with Crippen LogP contribution >= 0.6 is 24.0 Å². The molecule has 2 N–H and O–H groups in total. The summed E-state index contributed by atoms with van der Waals surface area (Å²) in [7, 11) is 0. The van der Waals surface area contributed by atoms with Gasteiger partial charge in [0.1, 0.15) is 0 Å². The molecule has 0 bridgehead atoms. The summed E-state index contributed by atoms with van der Waals surface area (Å²) in [6, 6.07) is 0. The fourth-order valence-electron chi connectivity index (χ4n) is 1.89. The number of aromatic nitrogens is 2. The van der Waals surface area contributed by atoms with E-state index in [1.165, 1.54) is 0 Å². The van der Waals surface area contributed by atoms with Crippen molar-refractivity contribution in [2.75, 3.05) is 32.8 Å². The van der Waals surface area contributed by atoms with Crippen LogP contribution in [-0.2, 0) is 11.3 Å². The minimum Gasteiger partial charge on any atom is -0.382 e. The number of nitrogens with one attached hydrogen (secondary N) is 2. The van der Waals surface area contributed by atoms with Gasteiger partial charge in [0.05, 0.1) is 6.33 Å². The Balaban J connectivity index is 0.00000441. The van der Waals surface area contributed by atoms with Crippen molar-refractivity contribution in [3.05, 3.63) is 18.7 Å². The van der Waals surface area contributed by atoms with Crippen LogP contribution in [0.15, 0.2) is 23.7 Å². The van der Waals surface area contributed by atoms with E-state index in [1.54, 1.807) is 6.20 Å². The predicted octanol–water partition coefficient (Wildman–Crippen LogP) is 2.26. The zero-order valence-electron chi connectivity index (χ0n) is 13.8. The number of nitrogens with zero attached hydrogens (tertiary/aromatic N) is 3. The van der Waals surface area contributed by atoms with E-state index in [-0.39, 0.29) is 24.0 Å². The van der Waals surface area contributed by atoms with E-state index < -0.39 is 0 Å². The number of guanidine groups is 1. The van der Waals surface area contributed by atoms with Crippen LogP contribution in [0.5, 0.6) is 0 Å². The quantitative estimate of drug-likeness (QED) is 0.248. The van der Waals surface area contributed by atoms with Crippen molar-refractivity contribution >= 4 is 29.9 Å². The highest BCUT2D eigenvalue weighted by Crippen LogP contribution is 1.92. The first-order chi connectivity index (χ1) is 10.4. The van der Waals surface area contributed by atoms with Gasteiger partial charge in [-0.3, -0.25) is 4.99 Å². The van der Waals surface area contributed by atoms with E-state index in [0.29, 0.717) is 0 Å². The molecule has 0 radical (unpaired) electrons. The van der Waals surface area contributed by atoms with Gasteiger partial charge in [0.25, 0.3) is 0 Å². The van der Waals surface area contributed by atoms with Gasteiger partial charge >= 0.3 is 0 Å². The first-order valence-electron chi connectivity index (χ1n) is 7.92. The number of unbranched alkanes of at least 4 members (excludes halogenated alkanes) is 1. The molecule has 22 heavy (non-hydrogen) atoms. The molecule has 0 aromatic carbocycles. The van der Waals surface area contributed by atoms with Gasteiger partial charge in [-0.1, -0.05) is 0 Å². The summed E-state index contributed by atoms with van der Waals surface area (Å²) in [5, 5.41) is 6.62. The van der Waals surface area contributed by atoms with Gasteiger partial charge in [0, 0.05) is 51.8 Å². The van der Waals surface area contributed by atoms with Crippen LogP contribution in [0.1, 0.15) is 33.1 Å². The SMILES string of the molecule is CCNC(=NCCCn1ccnc1)NCCCCOCC.I. The second-order valence-corrected chi connectivity index (χ2v) is 4.75. The fraction of sp³-hybridized carbons (Fsp3) is 0.733. The number of aryl methyl sites for hydroxylation is 1. The van der Waals surface area contributed by atoms with Gasteiger partial charge in [0.15, 0.2) is 5.96 Å². The maximum absolute atomic E-state index is 5.32. The first kappa shape index (κ1) is 21.2. The summed E-state index contributed by atoms with van der Waals surface area (Å²) in [5.74, 6) is 0.902. The fourth-order valence-corrected chi connectivity index (χ4v) is 1.89. The Bertz CT molecular complexity index is 370. The molecule has 6 nitrogen and oxygen atoms in total. The van der Waals surface area contributed by atoms with E-state index in [4.69, 9.17) is 4.74 Å². The van der Waals surface area contributed by atoms with Crippen LogP contribution in [-0.4, -0.2) is 48.4 Å². The monoisotopic (exact) mass is 423 g/mol. The molecule has 0 saturated carbocycles. The van der Waals surface area contributed by atoms with Crippen LogP contribution in [0.25, 0.3) is 0 Å². The Morgan fingerprint density at radius 2 is 2.09 bits per heavy atom. The number of aliphatic imine (C=N–C) groups is 1. The van der Waals surface area contributed by atoms with Crippen LogP contribution in [0.4, 0.5) is 0 Å². The molecule has 0 fully saturated rings. The minimum absolute atomic E-state index is 0. The van der Waals surface area contributed by atoms with Crippen molar-refractivity contribution in [2.45, 2.75) is 39.7 Å². The summed E-state index contributed by atoms with van der Waals surface area (Å²) in [4.78, 5) is 8.61. The highest BCUT2D eigenvalue weighted by atomic mass is 127. The molecule has 0 unspecified atom stereocenters. The van der Waals surface area contributed by atoms with Gasteiger partial charge < -0.3 is 19.9 Å². The number of rotatable bonds is 11. The average Bonchev–Trinajstić information content (AvgIpc) is 3.00. The number of hydrogen-bond acceptors (Lipinski definition) is 3. The summed E-state index contributed by atoms with van der Waals surface area (Å²) < 4.78 is 7.39. The largest absolute Gasteiger partial charge is 0.382 e. The first-order valence-corrected chi connectivity index (χ1v) is 7.92. The lowest BCUT2D eigenvalue weighted by Gasteiger charge is -2.11. The molecule has 1 heterocycles. The Hall–Kier alpha value is -0.830. The molecule has 0 amide bonds. The molecule has 0 aliphatic rings. The van der Waals surface area contributed by atoms with Crippen molar-refractivity contribution in [2.24, 2.45) is 4.99 Å². The molecular weight excluding hydrogens is 393 g/mol. The Kier molecular flexibility index (Phi) is 14.5. The molecule has 0 spiro atoms. The van der Waals surface area contributed by atoms with Gasteiger partial charge in [-0.05, 0) is 33.1 Å². The third-order valence-electron chi connectivity index (χ3n) is 2.96. The van der Waals surface area contributed by atoms with Gasteiger partial charge in [-0.25, -0.2) is 4.98 Å². The molecule has 1 rings (SSSR count). The lowest BCUT2D eigenvalue weighted by molar-refractivity contribution is 0.143. The highest BCUT2D eigenvalue weighted by Gasteiger charge is 1.97. The Labute approximate surface area is 151 Å². The lowest BCUT2D eigenvalue weighted by atomic mass is 10.3. The van der Waals surface area contributed by atoms with E-state index >= 15 is 0 Å². The normalized spacial score (nSPS) is 11.1. The lowest BCUT2D eigenvalue weighted by Crippen LogP contribution is -2.38. The van der Waals surface area contributed by atoms with Crippen molar-refractivity contribution in [3.8, 4) is 0 Å². The number of ether oxygens (including phenoxy) is 1. The van der Waals surface area contributed by atoms with Crippen LogP contribution in [0.3, 0.4) is 0 Å². The minimum atomic E-state index is 0. The summed E-state index contributed by atoms with van der Waals surface area (Å²) in [6.45, 7) is 9.33. The second kappa shape index (κ2) is 15.1. The van der Waals surface area contributed by atoms with E-state index in [0.717, 1.165) is 64.6 Å². The zero-order valence-corrected chi connectivity index (χ0v) is 16.1. The standard InChI is InChI=1S/C15H29N5O.HI/c1-3-17-15(18-8-5-6-13-21-4-2)19-9-7-11-20-12-10-16-14-20;/h10,12,14H,3-9,11,13H2,1-2H3,(H2,17,18,19);1H.